The van der Waals surface area contributed by atoms with Gasteiger partial charge in [-0.05, 0) is 38.4 Å². The van der Waals surface area contributed by atoms with Crippen molar-refractivity contribution in [3.63, 3.8) is 0 Å². The number of rotatable bonds is 4. The lowest BCUT2D eigenvalue weighted by molar-refractivity contribution is -0.118. The minimum atomic E-state index is 0.0456. The average molecular weight is 261 g/mol. The zero-order valence-electron chi connectivity index (χ0n) is 11.6. The molecule has 0 spiro atoms. The molecule has 1 aromatic carbocycles. The number of benzene rings is 1. The van der Waals surface area contributed by atoms with Gasteiger partial charge in [0, 0.05) is 18.3 Å². The van der Waals surface area contributed by atoms with E-state index < -0.39 is 0 Å². The van der Waals surface area contributed by atoms with E-state index in [2.05, 4.69) is 10.2 Å². The van der Waals surface area contributed by atoms with Crippen molar-refractivity contribution in [1.82, 2.24) is 4.90 Å². The third kappa shape index (κ3) is 4.04. The Morgan fingerprint density at radius 2 is 2.11 bits per heavy atom. The zero-order chi connectivity index (χ0) is 13.7. The Morgan fingerprint density at radius 3 is 2.79 bits per heavy atom. The van der Waals surface area contributed by atoms with Crippen molar-refractivity contribution in [2.45, 2.75) is 32.2 Å². The van der Waals surface area contributed by atoms with E-state index in [-0.39, 0.29) is 5.91 Å². The molecule has 19 heavy (non-hydrogen) atoms. The highest BCUT2D eigenvalue weighted by atomic mass is 16.2. The molecule has 0 aromatic heterocycles. The molecule has 1 aliphatic heterocycles. The van der Waals surface area contributed by atoms with Crippen molar-refractivity contribution in [3.05, 3.63) is 29.8 Å². The summed E-state index contributed by atoms with van der Waals surface area (Å²) >= 11 is 0. The summed E-state index contributed by atoms with van der Waals surface area (Å²) in [6.07, 6.45) is 3.49. The van der Waals surface area contributed by atoms with Gasteiger partial charge >= 0.3 is 0 Å². The first-order valence-corrected chi connectivity index (χ1v) is 6.99. The Balaban J connectivity index is 1.88. The van der Waals surface area contributed by atoms with E-state index in [1.807, 2.05) is 31.2 Å². The molecule has 3 N–H and O–H groups in total. The van der Waals surface area contributed by atoms with E-state index in [1.165, 1.54) is 12.0 Å². The van der Waals surface area contributed by atoms with Crippen molar-refractivity contribution in [3.8, 4) is 0 Å². The number of hydrogen-bond acceptors (Lipinski definition) is 3. The summed E-state index contributed by atoms with van der Waals surface area (Å²) in [5, 5.41) is 2.94. The van der Waals surface area contributed by atoms with E-state index in [4.69, 9.17) is 5.73 Å². The van der Waals surface area contributed by atoms with Crippen molar-refractivity contribution >= 4 is 11.6 Å². The topological polar surface area (TPSA) is 58.4 Å². The molecule has 104 valence electrons. The van der Waals surface area contributed by atoms with Crippen LogP contribution in [-0.2, 0) is 4.79 Å². The highest BCUT2D eigenvalue weighted by Crippen LogP contribution is 2.16. The molecule has 1 aromatic rings. The van der Waals surface area contributed by atoms with Crippen molar-refractivity contribution in [1.29, 1.82) is 0 Å². The number of carbonyl (C=O) groups excluding carboxylic acids is 1. The minimum Gasteiger partial charge on any atom is -0.329 e. The lowest BCUT2D eigenvalue weighted by atomic mass is 10.0. The third-order valence-electron chi connectivity index (χ3n) is 3.70. The number of aryl methyl sites for hydroxylation is 1. The van der Waals surface area contributed by atoms with Crippen LogP contribution in [0.3, 0.4) is 0 Å². The van der Waals surface area contributed by atoms with Crippen LogP contribution in [0.5, 0.6) is 0 Å². The fourth-order valence-electron chi connectivity index (χ4n) is 2.56. The summed E-state index contributed by atoms with van der Waals surface area (Å²) in [5.74, 6) is 0.0456. The minimum absolute atomic E-state index is 0.0456. The van der Waals surface area contributed by atoms with Gasteiger partial charge in [0.2, 0.25) is 5.91 Å². The van der Waals surface area contributed by atoms with Gasteiger partial charge in [-0.1, -0.05) is 24.1 Å². The SMILES string of the molecule is Cc1ccc(NC(=O)CN2CCCCC2CN)cc1. The number of nitrogens with one attached hydrogen (secondary N) is 1. The fraction of sp³-hybridized carbons (Fsp3) is 0.533. The summed E-state index contributed by atoms with van der Waals surface area (Å²) < 4.78 is 0. The molecule has 2 rings (SSSR count). The van der Waals surface area contributed by atoms with Gasteiger partial charge in [-0.2, -0.15) is 0 Å². The Bertz CT molecular complexity index is 416. The fourth-order valence-corrected chi connectivity index (χ4v) is 2.56. The molecule has 1 unspecified atom stereocenters. The maximum atomic E-state index is 12.0. The molecule has 4 heteroatoms. The first-order chi connectivity index (χ1) is 9.19. The Kier molecular flexibility index (Phi) is 4.93. The van der Waals surface area contributed by atoms with Crippen molar-refractivity contribution < 1.29 is 4.79 Å². The highest BCUT2D eigenvalue weighted by molar-refractivity contribution is 5.92. The average Bonchev–Trinajstić information content (AvgIpc) is 2.42. The van der Waals surface area contributed by atoms with Crippen LogP contribution in [0.25, 0.3) is 0 Å². The van der Waals surface area contributed by atoms with E-state index in [9.17, 15) is 4.79 Å². The molecule has 4 nitrogen and oxygen atoms in total. The molecule has 0 radical (unpaired) electrons. The number of carbonyl (C=O) groups is 1. The normalized spacial score (nSPS) is 20.2. The van der Waals surface area contributed by atoms with Gasteiger partial charge in [0.25, 0.3) is 0 Å². The van der Waals surface area contributed by atoms with E-state index in [1.54, 1.807) is 0 Å². The van der Waals surface area contributed by atoms with Gasteiger partial charge in [0.1, 0.15) is 0 Å². The Morgan fingerprint density at radius 1 is 1.37 bits per heavy atom. The van der Waals surface area contributed by atoms with Crippen molar-refractivity contribution in [2.75, 3.05) is 25.0 Å². The lowest BCUT2D eigenvalue weighted by Gasteiger charge is -2.34. The molecule has 1 saturated heterocycles. The second-order valence-corrected chi connectivity index (χ2v) is 5.27. The molecule has 1 heterocycles. The number of amides is 1. The Hall–Kier alpha value is -1.39. The van der Waals surface area contributed by atoms with Gasteiger partial charge < -0.3 is 11.1 Å². The summed E-state index contributed by atoms with van der Waals surface area (Å²) in [4.78, 5) is 14.2. The van der Waals surface area contributed by atoms with Crippen LogP contribution in [0, 0.1) is 6.92 Å². The molecular weight excluding hydrogens is 238 g/mol. The third-order valence-corrected chi connectivity index (χ3v) is 3.70. The van der Waals surface area contributed by atoms with Crippen LogP contribution < -0.4 is 11.1 Å². The summed E-state index contributed by atoms with van der Waals surface area (Å²) in [6, 6.07) is 8.23. The van der Waals surface area contributed by atoms with Crippen molar-refractivity contribution in [2.24, 2.45) is 5.73 Å². The standard InChI is InChI=1S/C15H23N3O/c1-12-5-7-13(8-6-12)17-15(19)11-18-9-3-2-4-14(18)10-16/h5-8,14H,2-4,9-11,16H2,1H3,(H,17,19). The van der Waals surface area contributed by atoms with Crippen LogP contribution >= 0.6 is 0 Å². The Labute approximate surface area is 115 Å². The molecule has 1 atom stereocenters. The number of nitrogens with two attached hydrogens (primary N) is 1. The summed E-state index contributed by atoms with van der Waals surface area (Å²) in [6.45, 7) is 4.09. The molecule has 1 amide bonds. The van der Waals surface area contributed by atoms with Crippen LogP contribution in [0.2, 0.25) is 0 Å². The summed E-state index contributed by atoms with van der Waals surface area (Å²) in [5.41, 5.74) is 7.82. The van der Waals surface area contributed by atoms with Gasteiger partial charge in [0.05, 0.1) is 6.54 Å². The number of anilines is 1. The predicted octanol–water partition coefficient (Wildman–Crippen LogP) is 1.75. The lowest BCUT2D eigenvalue weighted by Crippen LogP contribution is -2.47. The van der Waals surface area contributed by atoms with Gasteiger partial charge in [-0.3, -0.25) is 9.69 Å². The predicted molar refractivity (Wildman–Crippen MR) is 78.1 cm³/mol. The quantitative estimate of drug-likeness (QED) is 0.868. The molecule has 0 aliphatic carbocycles. The highest BCUT2D eigenvalue weighted by Gasteiger charge is 2.22. The van der Waals surface area contributed by atoms with Gasteiger partial charge in [0.15, 0.2) is 0 Å². The van der Waals surface area contributed by atoms with Gasteiger partial charge in [-0.25, -0.2) is 0 Å². The first kappa shape index (κ1) is 14.0. The zero-order valence-corrected chi connectivity index (χ0v) is 11.6. The van der Waals surface area contributed by atoms with E-state index >= 15 is 0 Å². The maximum absolute atomic E-state index is 12.0. The maximum Gasteiger partial charge on any atom is 0.238 e. The molecule has 1 fully saturated rings. The monoisotopic (exact) mass is 261 g/mol. The van der Waals surface area contributed by atoms with Crippen LogP contribution in [0.15, 0.2) is 24.3 Å². The smallest absolute Gasteiger partial charge is 0.238 e. The number of hydrogen-bond donors (Lipinski definition) is 2. The molecule has 0 bridgehead atoms. The van der Waals surface area contributed by atoms with Crippen LogP contribution in [0.1, 0.15) is 24.8 Å². The number of nitrogens with zero attached hydrogens (tertiary/aromatic N) is 1. The van der Waals surface area contributed by atoms with Crippen LogP contribution in [-0.4, -0.2) is 36.5 Å². The molecular formula is C15H23N3O. The largest absolute Gasteiger partial charge is 0.329 e. The first-order valence-electron chi connectivity index (χ1n) is 6.99. The molecule has 0 saturated carbocycles. The van der Waals surface area contributed by atoms with Crippen LogP contribution in [0.4, 0.5) is 5.69 Å². The molecule has 1 aliphatic rings. The number of likely N-dealkylation sites (tertiary alicyclic amines) is 1. The number of piperidine rings is 1. The van der Waals surface area contributed by atoms with E-state index in [0.717, 1.165) is 25.1 Å². The van der Waals surface area contributed by atoms with Gasteiger partial charge in [-0.15, -0.1) is 0 Å². The second-order valence-electron chi connectivity index (χ2n) is 5.27. The van der Waals surface area contributed by atoms with E-state index in [0.29, 0.717) is 19.1 Å². The summed E-state index contributed by atoms with van der Waals surface area (Å²) in [7, 11) is 0. The second kappa shape index (κ2) is 6.68.